The van der Waals surface area contributed by atoms with Crippen LogP contribution in [-0.4, -0.2) is 75.3 Å². The Morgan fingerprint density at radius 1 is 1.03 bits per heavy atom. The number of aliphatic hydroxyl groups excluding tert-OH is 1. The minimum atomic E-state index is -0.316. The van der Waals surface area contributed by atoms with Crippen LogP contribution in [0.15, 0.2) is 54.9 Å². The van der Waals surface area contributed by atoms with Crippen LogP contribution in [0.2, 0.25) is 0 Å². The maximum Gasteiger partial charge on any atom is 0.322 e. The van der Waals surface area contributed by atoms with Gasteiger partial charge >= 0.3 is 6.03 Å². The van der Waals surface area contributed by atoms with Gasteiger partial charge in [-0.2, -0.15) is 0 Å². The number of rotatable bonds is 4. The predicted octanol–water partition coefficient (Wildman–Crippen LogP) is 2.81. The van der Waals surface area contributed by atoms with Gasteiger partial charge in [-0.15, -0.1) is 0 Å². The highest BCUT2D eigenvalue weighted by molar-refractivity contribution is 6.07. The Morgan fingerprint density at radius 3 is 2.66 bits per heavy atom. The molecule has 0 aliphatic carbocycles. The second kappa shape index (κ2) is 9.94. The minimum Gasteiger partial charge on any atom is -0.508 e. The normalized spacial score (nSPS) is 19.6. The molecule has 3 aliphatic rings. The molecule has 3 aliphatic heterocycles. The van der Waals surface area contributed by atoms with Crippen molar-refractivity contribution >= 4 is 29.1 Å². The maximum absolute atomic E-state index is 13.5. The van der Waals surface area contributed by atoms with Crippen LogP contribution in [0.4, 0.5) is 22.0 Å². The molecule has 1 aromatic heterocycles. The molecule has 2 aromatic carbocycles. The summed E-state index contributed by atoms with van der Waals surface area (Å²) in [4.78, 5) is 40.8. The Morgan fingerprint density at radius 2 is 1.84 bits per heavy atom. The molecule has 0 radical (unpaired) electrons. The van der Waals surface area contributed by atoms with Crippen LogP contribution in [0.5, 0.6) is 5.75 Å². The van der Waals surface area contributed by atoms with Crippen molar-refractivity contribution in [2.45, 2.75) is 37.8 Å². The summed E-state index contributed by atoms with van der Waals surface area (Å²) in [7, 11) is 0. The van der Waals surface area contributed by atoms with Gasteiger partial charge in [0.2, 0.25) is 0 Å². The summed E-state index contributed by atoms with van der Waals surface area (Å²) in [6, 6.07) is 14.1. The van der Waals surface area contributed by atoms with E-state index in [1.54, 1.807) is 29.2 Å². The highest BCUT2D eigenvalue weighted by Crippen LogP contribution is 2.33. The van der Waals surface area contributed by atoms with Crippen LogP contribution in [-0.2, 0) is 12.8 Å². The topological polar surface area (TPSA) is 122 Å². The summed E-state index contributed by atoms with van der Waals surface area (Å²) in [5, 5.41) is 22.7. The molecular weight excluding hydrogens is 484 g/mol. The number of piperidine rings is 1. The van der Waals surface area contributed by atoms with E-state index in [9.17, 15) is 19.8 Å². The Kier molecular flexibility index (Phi) is 6.32. The lowest BCUT2D eigenvalue weighted by Gasteiger charge is -2.38. The average Bonchev–Trinajstić information content (AvgIpc) is 3.24. The number of phenols is 1. The van der Waals surface area contributed by atoms with E-state index < -0.39 is 0 Å². The van der Waals surface area contributed by atoms with Crippen molar-refractivity contribution in [3.8, 4) is 5.75 Å². The minimum absolute atomic E-state index is 0.0866. The van der Waals surface area contributed by atoms with E-state index in [0.717, 1.165) is 35.3 Å². The van der Waals surface area contributed by atoms with Gasteiger partial charge < -0.3 is 30.2 Å². The van der Waals surface area contributed by atoms with Crippen molar-refractivity contribution in [3.05, 3.63) is 71.7 Å². The van der Waals surface area contributed by atoms with Gasteiger partial charge in [-0.3, -0.25) is 4.79 Å². The van der Waals surface area contributed by atoms with Gasteiger partial charge in [0.15, 0.2) is 0 Å². The van der Waals surface area contributed by atoms with Crippen molar-refractivity contribution in [2.24, 2.45) is 0 Å². The molecule has 10 heteroatoms. The van der Waals surface area contributed by atoms with E-state index in [2.05, 4.69) is 20.2 Å². The van der Waals surface area contributed by atoms with Crippen molar-refractivity contribution in [1.82, 2.24) is 14.9 Å². The number of aromatic hydroxyl groups is 1. The number of anilines is 3. The lowest BCUT2D eigenvalue weighted by molar-refractivity contribution is 0.0963. The third kappa shape index (κ3) is 4.41. The zero-order valence-electron chi connectivity index (χ0n) is 21.0. The first kappa shape index (κ1) is 24.2. The fraction of sp³-hybridized carbons (Fsp3) is 0.357. The van der Waals surface area contributed by atoms with Crippen LogP contribution >= 0.6 is 0 Å². The second-order valence-corrected chi connectivity index (χ2v) is 10.0. The highest BCUT2D eigenvalue weighted by atomic mass is 16.3. The van der Waals surface area contributed by atoms with Gasteiger partial charge in [0, 0.05) is 43.1 Å². The van der Waals surface area contributed by atoms with Gasteiger partial charge in [-0.25, -0.2) is 14.8 Å². The van der Waals surface area contributed by atoms with E-state index in [-0.39, 0.29) is 36.4 Å². The summed E-state index contributed by atoms with van der Waals surface area (Å²) in [6.07, 6.45) is 4.25. The fourth-order valence-electron chi connectivity index (χ4n) is 5.84. The molecule has 38 heavy (non-hydrogen) atoms. The number of nitrogens with one attached hydrogen (secondary N) is 1. The number of hydrogen-bond acceptors (Lipinski definition) is 7. The first-order valence-electron chi connectivity index (χ1n) is 13.0. The number of aromatic nitrogens is 2. The summed E-state index contributed by atoms with van der Waals surface area (Å²) >= 11 is 0. The molecule has 3 amide bonds. The Bertz CT molecular complexity index is 1370. The van der Waals surface area contributed by atoms with Crippen LogP contribution in [0, 0.1) is 0 Å². The lowest BCUT2D eigenvalue weighted by atomic mass is 10.0. The van der Waals surface area contributed by atoms with Crippen molar-refractivity contribution in [3.63, 3.8) is 0 Å². The smallest absolute Gasteiger partial charge is 0.322 e. The molecule has 0 spiro atoms. The van der Waals surface area contributed by atoms with Gasteiger partial charge in [0.05, 0.1) is 12.6 Å². The SMILES string of the molecule is O=C1Nc2ccc(O)cc2CCN1C1CCN(c2cc(C(=O)N3c4ccccc4CC3CO)ncn2)CC1. The highest BCUT2D eigenvalue weighted by Gasteiger charge is 2.35. The number of nitrogens with zero attached hydrogens (tertiary/aromatic N) is 5. The summed E-state index contributed by atoms with van der Waals surface area (Å²) in [5.41, 5.74) is 3.81. The maximum atomic E-state index is 13.5. The Hall–Kier alpha value is -4.18. The van der Waals surface area contributed by atoms with Crippen LogP contribution in [0.3, 0.4) is 0 Å². The standard InChI is InChI=1S/C28H30N6O4/c35-16-21-13-19-3-1-2-4-25(19)34(21)27(37)24-15-26(30-17-29-24)32-10-8-20(9-11-32)33-12-7-18-14-22(36)5-6-23(18)31-28(33)38/h1-6,14-15,17,20-21,35-36H,7-13,16H2,(H,31,38). The van der Waals surface area contributed by atoms with Gasteiger partial charge in [0.1, 0.15) is 23.6 Å². The van der Waals surface area contributed by atoms with Crippen LogP contribution in [0.1, 0.15) is 34.5 Å². The zero-order chi connectivity index (χ0) is 26.2. The molecule has 196 valence electrons. The first-order chi connectivity index (χ1) is 18.5. The molecule has 1 atom stereocenters. The van der Waals surface area contributed by atoms with E-state index in [0.29, 0.717) is 44.0 Å². The Labute approximate surface area is 220 Å². The predicted molar refractivity (Wildman–Crippen MR) is 143 cm³/mol. The van der Waals surface area contributed by atoms with Crippen LogP contribution in [0.25, 0.3) is 0 Å². The number of carbonyl (C=O) groups is 2. The molecule has 6 rings (SSSR count). The van der Waals surface area contributed by atoms with Gasteiger partial charge in [-0.05, 0) is 61.1 Å². The molecule has 0 bridgehead atoms. The molecule has 1 saturated heterocycles. The first-order valence-corrected chi connectivity index (χ1v) is 13.0. The molecule has 0 saturated carbocycles. The third-order valence-corrected chi connectivity index (χ3v) is 7.82. The average molecular weight is 515 g/mol. The number of urea groups is 1. The van der Waals surface area contributed by atoms with E-state index in [1.807, 2.05) is 29.2 Å². The van der Waals surface area contributed by atoms with E-state index in [4.69, 9.17) is 0 Å². The largest absolute Gasteiger partial charge is 0.508 e. The molecule has 1 fully saturated rings. The number of aliphatic hydroxyl groups is 1. The van der Waals surface area contributed by atoms with Crippen molar-refractivity contribution in [1.29, 1.82) is 0 Å². The number of hydrogen-bond donors (Lipinski definition) is 3. The zero-order valence-corrected chi connectivity index (χ0v) is 21.0. The monoisotopic (exact) mass is 514 g/mol. The van der Waals surface area contributed by atoms with E-state index in [1.165, 1.54) is 6.33 Å². The number of carbonyl (C=O) groups excluding carboxylic acids is 2. The summed E-state index contributed by atoms with van der Waals surface area (Å²) in [5.74, 6) is 0.626. The number of amides is 3. The van der Waals surface area contributed by atoms with Crippen molar-refractivity contribution < 1.29 is 19.8 Å². The number of fused-ring (bicyclic) bond motifs is 2. The second-order valence-electron chi connectivity index (χ2n) is 10.0. The third-order valence-electron chi connectivity index (χ3n) is 7.82. The van der Waals surface area contributed by atoms with E-state index >= 15 is 0 Å². The molecule has 4 heterocycles. The Balaban J connectivity index is 1.13. The summed E-state index contributed by atoms with van der Waals surface area (Å²) in [6.45, 7) is 1.85. The van der Waals surface area contributed by atoms with Crippen LogP contribution < -0.4 is 15.1 Å². The molecule has 1 unspecified atom stereocenters. The molecule has 3 N–H and O–H groups in total. The van der Waals surface area contributed by atoms with Gasteiger partial charge in [-0.1, -0.05) is 18.2 Å². The fourth-order valence-corrected chi connectivity index (χ4v) is 5.84. The molecule has 3 aromatic rings. The molecule has 10 nitrogen and oxygen atoms in total. The number of para-hydroxylation sites is 1. The lowest BCUT2D eigenvalue weighted by Crippen LogP contribution is -2.49. The quantitative estimate of drug-likeness (QED) is 0.458. The van der Waals surface area contributed by atoms with Gasteiger partial charge in [0.25, 0.3) is 5.91 Å². The number of phenolic OH excluding ortho intramolecular Hbond substituents is 1. The molecular formula is C28H30N6O4. The number of benzene rings is 2. The summed E-state index contributed by atoms with van der Waals surface area (Å²) < 4.78 is 0. The van der Waals surface area contributed by atoms with Crippen molar-refractivity contribution in [2.75, 3.05) is 41.4 Å².